The first-order valence-corrected chi connectivity index (χ1v) is 9.67. The molecular weight excluding hydrogens is 352 g/mol. The smallest absolute Gasteiger partial charge is 0.201 e. The number of hydrogen-bond donors (Lipinski definition) is 1. The molecule has 0 aromatic heterocycles. The monoisotopic (exact) mass is 374 g/mol. The second kappa shape index (κ2) is 6.77. The lowest BCUT2D eigenvalue weighted by Crippen LogP contribution is -2.49. The molecule has 6 heteroatoms. The van der Waals surface area contributed by atoms with Crippen molar-refractivity contribution in [3.63, 3.8) is 0 Å². The molecule has 4 nitrogen and oxygen atoms in total. The fraction of sp³-hybridized carbons (Fsp3) is 0.600. The quantitative estimate of drug-likeness (QED) is 0.797. The van der Waals surface area contributed by atoms with Crippen molar-refractivity contribution in [2.45, 2.75) is 38.5 Å². The number of rotatable bonds is 7. The molecule has 0 aliphatic heterocycles. The van der Waals surface area contributed by atoms with Crippen molar-refractivity contribution in [1.29, 1.82) is 0 Å². The van der Waals surface area contributed by atoms with E-state index in [0.29, 0.717) is 19.6 Å². The average molecular weight is 375 g/mol. The number of hydrogen-bond acceptors (Lipinski definition) is 2. The molecule has 1 saturated carbocycles. The molecule has 1 aromatic rings. The molecule has 0 atom stereocenters. The normalized spacial score (nSPS) is 17.7. The van der Waals surface area contributed by atoms with Crippen LogP contribution in [0, 0.1) is 0 Å². The first-order valence-electron chi connectivity index (χ1n) is 7.44. The molecule has 0 saturated heterocycles. The zero-order chi connectivity index (χ0) is 15.5. The van der Waals surface area contributed by atoms with Crippen LogP contribution in [-0.2, 0) is 15.6 Å². The summed E-state index contributed by atoms with van der Waals surface area (Å²) in [5.74, 6) is 0. The summed E-state index contributed by atoms with van der Waals surface area (Å²) < 4.78 is 29.9. The summed E-state index contributed by atoms with van der Waals surface area (Å²) in [7, 11) is -3.37. The van der Waals surface area contributed by atoms with Gasteiger partial charge in [-0.05, 0) is 30.5 Å². The molecule has 0 amide bonds. The summed E-state index contributed by atoms with van der Waals surface area (Å²) in [6.45, 7) is 5.19. The van der Waals surface area contributed by atoms with Crippen LogP contribution in [0.4, 0.5) is 0 Å². The largest absolute Gasteiger partial charge is 0.279 e. The van der Waals surface area contributed by atoms with E-state index in [1.165, 1.54) is 9.87 Å². The highest BCUT2D eigenvalue weighted by Gasteiger charge is 2.39. The molecule has 1 aliphatic rings. The van der Waals surface area contributed by atoms with Crippen LogP contribution >= 0.6 is 15.9 Å². The van der Waals surface area contributed by atoms with E-state index >= 15 is 0 Å². The van der Waals surface area contributed by atoms with Crippen LogP contribution < -0.4 is 4.72 Å². The lowest BCUT2D eigenvalue weighted by Gasteiger charge is -2.43. The molecule has 2 rings (SSSR count). The maximum atomic E-state index is 12.3. The minimum Gasteiger partial charge on any atom is -0.201 e. The maximum absolute atomic E-state index is 12.3. The second-order valence-electron chi connectivity index (χ2n) is 5.55. The van der Waals surface area contributed by atoms with Crippen LogP contribution in [0.25, 0.3) is 0 Å². The molecular formula is C15H23BrN2O2S. The van der Waals surface area contributed by atoms with Gasteiger partial charge in [0.15, 0.2) is 0 Å². The maximum Gasteiger partial charge on any atom is 0.279 e. The van der Waals surface area contributed by atoms with Gasteiger partial charge in [-0.1, -0.05) is 48.3 Å². The molecule has 1 aromatic carbocycles. The van der Waals surface area contributed by atoms with Gasteiger partial charge < -0.3 is 0 Å². The van der Waals surface area contributed by atoms with Gasteiger partial charge >= 0.3 is 0 Å². The summed E-state index contributed by atoms with van der Waals surface area (Å²) in [6.07, 6.45) is 3.23. The van der Waals surface area contributed by atoms with Gasteiger partial charge in [-0.3, -0.25) is 0 Å². The Morgan fingerprint density at radius 2 is 1.76 bits per heavy atom. The molecule has 21 heavy (non-hydrogen) atoms. The molecule has 1 N–H and O–H groups in total. The summed E-state index contributed by atoms with van der Waals surface area (Å²) in [6, 6.07) is 8.23. The minimum atomic E-state index is -3.37. The van der Waals surface area contributed by atoms with Crippen LogP contribution in [0.2, 0.25) is 0 Å². The van der Waals surface area contributed by atoms with Gasteiger partial charge in [-0.2, -0.15) is 12.7 Å². The number of nitrogens with one attached hydrogen (secondary N) is 1. The van der Waals surface area contributed by atoms with E-state index in [9.17, 15) is 8.42 Å². The summed E-state index contributed by atoms with van der Waals surface area (Å²) in [5, 5.41) is 0. The van der Waals surface area contributed by atoms with E-state index in [1.54, 1.807) is 0 Å². The Kier molecular flexibility index (Phi) is 5.46. The van der Waals surface area contributed by atoms with Crippen LogP contribution in [0.3, 0.4) is 0 Å². The second-order valence-corrected chi connectivity index (χ2v) is 8.22. The molecule has 118 valence electrons. The third kappa shape index (κ3) is 3.67. The molecule has 0 unspecified atom stereocenters. The standard InChI is InChI=1S/C15H23BrN2O2S/c1-3-18(4-2)21(19,20)17-12-15(10-5-11-15)13-6-8-14(16)9-7-13/h6-9,17H,3-5,10-12H2,1-2H3. The van der Waals surface area contributed by atoms with Crippen molar-refractivity contribution < 1.29 is 8.42 Å². The van der Waals surface area contributed by atoms with Gasteiger partial charge in [0.1, 0.15) is 0 Å². The first-order chi connectivity index (χ1) is 9.93. The van der Waals surface area contributed by atoms with E-state index in [1.807, 2.05) is 26.0 Å². The SMILES string of the molecule is CCN(CC)S(=O)(=O)NCC1(c2ccc(Br)cc2)CCC1. The molecule has 0 spiro atoms. The van der Waals surface area contributed by atoms with Gasteiger partial charge in [0.2, 0.25) is 0 Å². The highest BCUT2D eigenvalue weighted by molar-refractivity contribution is 9.10. The summed E-state index contributed by atoms with van der Waals surface area (Å²) >= 11 is 3.44. The zero-order valence-electron chi connectivity index (χ0n) is 12.6. The predicted molar refractivity (Wildman–Crippen MR) is 89.5 cm³/mol. The van der Waals surface area contributed by atoms with Crippen molar-refractivity contribution in [3.05, 3.63) is 34.3 Å². The van der Waals surface area contributed by atoms with Crippen molar-refractivity contribution in [3.8, 4) is 0 Å². The van der Waals surface area contributed by atoms with Crippen molar-refractivity contribution in [1.82, 2.24) is 9.03 Å². The Bertz CT molecular complexity index is 564. The molecule has 1 fully saturated rings. The fourth-order valence-electron chi connectivity index (χ4n) is 2.86. The van der Waals surface area contributed by atoms with E-state index in [4.69, 9.17) is 0 Å². The average Bonchev–Trinajstić information content (AvgIpc) is 2.40. The predicted octanol–water partition coefficient (Wildman–Crippen LogP) is 3.05. The third-order valence-corrected chi connectivity index (χ3v) is 6.64. The van der Waals surface area contributed by atoms with Gasteiger partial charge in [-0.25, -0.2) is 4.72 Å². The Hall–Kier alpha value is -0.430. The van der Waals surface area contributed by atoms with Gasteiger partial charge in [-0.15, -0.1) is 0 Å². The van der Waals surface area contributed by atoms with Crippen molar-refractivity contribution >= 4 is 26.1 Å². The minimum absolute atomic E-state index is 0.0408. The van der Waals surface area contributed by atoms with E-state index < -0.39 is 10.2 Å². The molecule has 1 aliphatic carbocycles. The van der Waals surface area contributed by atoms with E-state index in [2.05, 4.69) is 32.8 Å². The Morgan fingerprint density at radius 1 is 1.19 bits per heavy atom. The lowest BCUT2D eigenvalue weighted by molar-refractivity contribution is 0.243. The number of nitrogens with zero attached hydrogens (tertiary/aromatic N) is 1. The highest BCUT2D eigenvalue weighted by Crippen LogP contribution is 2.43. The van der Waals surface area contributed by atoms with E-state index in [-0.39, 0.29) is 5.41 Å². The van der Waals surface area contributed by atoms with Gasteiger partial charge in [0.05, 0.1) is 0 Å². The first kappa shape index (κ1) is 16.9. The molecule has 0 heterocycles. The molecule has 0 radical (unpaired) electrons. The summed E-state index contributed by atoms with van der Waals surface area (Å²) in [4.78, 5) is 0. The van der Waals surface area contributed by atoms with Crippen LogP contribution in [-0.4, -0.2) is 32.4 Å². The number of halogens is 1. The van der Waals surface area contributed by atoms with Crippen LogP contribution in [0.1, 0.15) is 38.7 Å². The molecule has 0 bridgehead atoms. The fourth-order valence-corrected chi connectivity index (χ4v) is 4.44. The number of benzene rings is 1. The zero-order valence-corrected chi connectivity index (χ0v) is 15.0. The lowest BCUT2D eigenvalue weighted by atomic mass is 9.64. The van der Waals surface area contributed by atoms with Crippen LogP contribution in [0.15, 0.2) is 28.7 Å². The topological polar surface area (TPSA) is 49.4 Å². The Balaban J connectivity index is 2.11. The summed E-state index contributed by atoms with van der Waals surface area (Å²) in [5.41, 5.74) is 1.18. The van der Waals surface area contributed by atoms with Gasteiger partial charge in [0.25, 0.3) is 10.2 Å². The van der Waals surface area contributed by atoms with Crippen molar-refractivity contribution in [2.24, 2.45) is 0 Å². The van der Waals surface area contributed by atoms with E-state index in [0.717, 1.165) is 23.7 Å². The Morgan fingerprint density at radius 3 is 2.19 bits per heavy atom. The highest BCUT2D eigenvalue weighted by atomic mass is 79.9. The third-order valence-electron chi connectivity index (χ3n) is 4.41. The van der Waals surface area contributed by atoms with Gasteiger partial charge in [0, 0.05) is 29.5 Å². The van der Waals surface area contributed by atoms with Crippen LogP contribution in [0.5, 0.6) is 0 Å². The Labute approximate surface area is 136 Å². The van der Waals surface area contributed by atoms with Crippen molar-refractivity contribution in [2.75, 3.05) is 19.6 Å².